The lowest BCUT2D eigenvalue weighted by Gasteiger charge is -2.19. The van der Waals surface area contributed by atoms with Crippen molar-refractivity contribution in [1.29, 1.82) is 0 Å². The molecule has 1 aromatic heterocycles. The second-order valence-electron chi connectivity index (χ2n) is 8.32. The minimum Gasteiger partial charge on any atom is -0.341 e. The second-order valence-corrected chi connectivity index (χ2v) is 8.32. The molecule has 1 unspecified atom stereocenters. The lowest BCUT2D eigenvalue weighted by Crippen LogP contribution is -2.41. The van der Waals surface area contributed by atoms with E-state index in [2.05, 4.69) is 46.9 Å². The topological polar surface area (TPSA) is 102 Å². The molecule has 2 N–H and O–H groups in total. The van der Waals surface area contributed by atoms with Crippen molar-refractivity contribution in [1.82, 2.24) is 25.5 Å². The number of halogens is 1. The summed E-state index contributed by atoms with van der Waals surface area (Å²) in [7, 11) is 0. The molecular weight excluding hydrogens is 399 g/mol. The minimum atomic E-state index is -0.807. The highest BCUT2D eigenvalue weighted by Crippen LogP contribution is 2.22. The quantitative estimate of drug-likeness (QED) is 0.655. The number of hydrogen-bond acceptors (Lipinski definition) is 5. The van der Waals surface area contributed by atoms with Crippen LogP contribution in [0.4, 0.5) is 10.1 Å². The van der Waals surface area contributed by atoms with Crippen LogP contribution in [0, 0.1) is 12.7 Å². The fourth-order valence-electron chi connectivity index (χ4n) is 2.92. The predicted octanol–water partition coefficient (Wildman–Crippen LogP) is 3.16. The number of carbonyl (C=O) groups is 2. The number of nitrogens with one attached hydrogen (secondary N) is 2. The van der Waals surface area contributed by atoms with E-state index in [1.807, 2.05) is 12.1 Å². The molecular formula is C22H25FN6O2. The van der Waals surface area contributed by atoms with Crippen LogP contribution in [-0.4, -0.2) is 38.1 Å². The molecule has 0 fully saturated rings. The number of aromatic nitrogens is 4. The fraction of sp³-hybridized carbons (Fsp3) is 0.318. The van der Waals surface area contributed by atoms with Crippen molar-refractivity contribution in [2.75, 3.05) is 5.32 Å². The largest absolute Gasteiger partial charge is 0.341 e. The van der Waals surface area contributed by atoms with Crippen LogP contribution < -0.4 is 10.6 Å². The first kappa shape index (κ1) is 22.1. The smallest absolute Gasteiger partial charge is 0.251 e. The van der Waals surface area contributed by atoms with Gasteiger partial charge in [0.15, 0.2) is 5.82 Å². The third kappa shape index (κ3) is 5.11. The summed E-state index contributed by atoms with van der Waals surface area (Å²) in [4.78, 5) is 25.0. The molecule has 31 heavy (non-hydrogen) atoms. The standard InChI is InChI=1S/C22H25FN6O2/c1-13(24-21(31)15-6-8-16(9-7-15)22(3,4)5)20(30)25-17-10-11-18(23)19(12-17)29-14(2)26-27-28-29/h6-13H,1-5H3,(H,24,31)(H,25,30). The first-order valence-corrected chi connectivity index (χ1v) is 9.83. The van der Waals surface area contributed by atoms with Gasteiger partial charge in [0.25, 0.3) is 5.91 Å². The molecule has 8 nitrogen and oxygen atoms in total. The maximum absolute atomic E-state index is 14.2. The van der Waals surface area contributed by atoms with E-state index in [0.29, 0.717) is 17.1 Å². The molecule has 0 spiro atoms. The number of hydrogen-bond donors (Lipinski definition) is 2. The normalized spacial score (nSPS) is 12.3. The van der Waals surface area contributed by atoms with E-state index in [4.69, 9.17) is 0 Å². The van der Waals surface area contributed by atoms with Gasteiger partial charge in [-0.3, -0.25) is 9.59 Å². The molecule has 0 saturated carbocycles. The Bertz CT molecular complexity index is 1100. The van der Waals surface area contributed by atoms with E-state index >= 15 is 0 Å². The summed E-state index contributed by atoms with van der Waals surface area (Å²) in [5, 5.41) is 16.3. The van der Waals surface area contributed by atoms with Gasteiger partial charge in [-0.1, -0.05) is 32.9 Å². The van der Waals surface area contributed by atoms with Gasteiger partial charge in [-0.2, -0.15) is 4.68 Å². The van der Waals surface area contributed by atoms with Crippen LogP contribution in [0.5, 0.6) is 0 Å². The Morgan fingerprint density at radius 1 is 1.10 bits per heavy atom. The summed E-state index contributed by atoms with van der Waals surface area (Å²) in [6.07, 6.45) is 0. The van der Waals surface area contributed by atoms with Gasteiger partial charge in [-0.05, 0) is 65.6 Å². The van der Waals surface area contributed by atoms with E-state index in [9.17, 15) is 14.0 Å². The highest BCUT2D eigenvalue weighted by Gasteiger charge is 2.19. The van der Waals surface area contributed by atoms with E-state index in [1.165, 1.54) is 22.9 Å². The van der Waals surface area contributed by atoms with E-state index in [1.54, 1.807) is 26.0 Å². The van der Waals surface area contributed by atoms with Crippen LogP contribution in [0.25, 0.3) is 5.69 Å². The van der Waals surface area contributed by atoms with Crippen molar-refractivity contribution in [3.8, 4) is 5.69 Å². The lowest BCUT2D eigenvalue weighted by molar-refractivity contribution is -0.117. The van der Waals surface area contributed by atoms with Gasteiger partial charge in [-0.25, -0.2) is 4.39 Å². The Morgan fingerprint density at radius 3 is 2.35 bits per heavy atom. The summed E-state index contributed by atoms with van der Waals surface area (Å²) < 4.78 is 15.4. The number of anilines is 1. The maximum atomic E-state index is 14.2. The molecule has 3 aromatic rings. The van der Waals surface area contributed by atoms with Crippen molar-refractivity contribution in [3.05, 3.63) is 65.2 Å². The van der Waals surface area contributed by atoms with Crippen molar-refractivity contribution in [2.24, 2.45) is 0 Å². The molecule has 0 radical (unpaired) electrons. The van der Waals surface area contributed by atoms with E-state index < -0.39 is 17.8 Å². The number of benzene rings is 2. The average Bonchev–Trinajstić information content (AvgIpc) is 3.14. The Hall–Kier alpha value is -3.62. The Kier molecular flexibility index (Phi) is 6.14. The number of aryl methyl sites for hydroxylation is 1. The summed E-state index contributed by atoms with van der Waals surface area (Å²) in [5.41, 5.74) is 2.02. The Labute approximate surface area is 179 Å². The molecule has 1 heterocycles. The van der Waals surface area contributed by atoms with Crippen molar-refractivity contribution >= 4 is 17.5 Å². The molecule has 2 amide bonds. The fourth-order valence-corrected chi connectivity index (χ4v) is 2.92. The third-order valence-corrected chi connectivity index (χ3v) is 4.82. The summed E-state index contributed by atoms with van der Waals surface area (Å²) in [6, 6.07) is 10.5. The molecule has 0 bridgehead atoms. The van der Waals surface area contributed by atoms with Crippen LogP contribution in [0.2, 0.25) is 0 Å². The van der Waals surface area contributed by atoms with Crippen molar-refractivity contribution < 1.29 is 14.0 Å². The number of tetrazole rings is 1. The lowest BCUT2D eigenvalue weighted by atomic mass is 9.86. The first-order valence-electron chi connectivity index (χ1n) is 9.83. The average molecular weight is 424 g/mol. The van der Waals surface area contributed by atoms with Gasteiger partial charge >= 0.3 is 0 Å². The van der Waals surface area contributed by atoms with Crippen LogP contribution in [0.1, 0.15) is 49.4 Å². The van der Waals surface area contributed by atoms with Gasteiger partial charge in [0.05, 0.1) is 0 Å². The van der Waals surface area contributed by atoms with Gasteiger partial charge in [0.2, 0.25) is 5.91 Å². The summed E-state index contributed by atoms with van der Waals surface area (Å²) in [6.45, 7) is 9.49. The van der Waals surface area contributed by atoms with Gasteiger partial charge < -0.3 is 10.6 Å². The molecule has 1 atom stereocenters. The van der Waals surface area contributed by atoms with Gasteiger partial charge in [0, 0.05) is 11.3 Å². The van der Waals surface area contributed by atoms with Gasteiger partial charge in [-0.15, -0.1) is 5.10 Å². The predicted molar refractivity (Wildman–Crippen MR) is 115 cm³/mol. The number of nitrogens with zero attached hydrogens (tertiary/aromatic N) is 4. The summed E-state index contributed by atoms with van der Waals surface area (Å²) >= 11 is 0. The van der Waals surface area contributed by atoms with E-state index in [-0.39, 0.29) is 17.0 Å². The Balaban J connectivity index is 1.67. The Morgan fingerprint density at radius 2 is 1.77 bits per heavy atom. The highest BCUT2D eigenvalue weighted by molar-refractivity contribution is 6.01. The van der Waals surface area contributed by atoms with Crippen LogP contribution in [0.15, 0.2) is 42.5 Å². The molecule has 3 rings (SSSR count). The number of rotatable bonds is 5. The van der Waals surface area contributed by atoms with Crippen LogP contribution in [0.3, 0.4) is 0 Å². The van der Waals surface area contributed by atoms with Crippen LogP contribution >= 0.6 is 0 Å². The van der Waals surface area contributed by atoms with E-state index in [0.717, 1.165) is 5.56 Å². The van der Waals surface area contributed by atoms with Crippen LogP contribution in [-0.2, 0) is 10.2 Å². The molecule has 9 heteroatoms. The number of carbonyl (C=O) groups excluding carboxylic acids is 2. The zero-order valence-electron chi connectivity index (χ0n) is 18.1. The van der Waals surface area contributed by atoms with Crippen molar-refractivity contribution in [2.45, 2.75) is 46.1 Å². The maximum Gasteiger partial charge on any atom is 0.251 e. The zero-order valence-corrected chi connectivity index (χ0v) is 18.1. The minimum absolute atomic E-state index is 0.0168. The summed E-state index contributed by atoms with van der Waals surface area (Å²) in [5.74, 6) is -0.924. The van der Waals surface area contributed by atoms with Gasteiger partial charge in [0.1, 0.15) is 17.5 Å². The molecule has 0 aliphatic carbocycles. The highest BCUT2D eigenvalue weighted by atomic mass is 19.1. The second kappa shape index (κ2) is 8.63. The molecule has 2 aromatic carbocycles. The molecule has 0 aliphatic rings. The molecule has 0 saturated heterocycles. The third-order valence-electron chi connectivity index (χ3n) is 4.82. The molecule has 0 aliphatic heterocycles. The number of amides is 2. The van der Waals surface area contributed by atoms with Crippen molar-refractivity contribution in [3.63, 3.8) is 0 Å². The monoisotopic (exact) mass is 424 g/mol. The SMILES string of the molecule is Cc1nnnn1-c1cc(NC(=O)C(C)NC(=O)c2ccc(C(C)(C)C)cc2)ccc1F. The molecule has 162 valence electrons. The zero-order chi connectivity index (χ0) is 22.8. The first-order chi connectivity index (χ1) is 14.6.